The molecule has 2 saturated heterocycles. The first-order valence-corrected chi connectivity index (χ1v) is 12.5. The molecule has 3 aromatic rings. The van der Waals surface area contributed by atoms with Crippen molar-refractivity contribution < 1.29 is 14.6 Å². The Morgan fingerprint density at radius 1 is 1.37 bits per heavy atom. The third-order valence-electron chi connectivity index (χ3n) is 7.03. The Hall–Kier alpha value is -3.17. The highest BCUT2D eigenvalue weighted by Crippen LogP contribution is 2.31. The number of carbonyl (C=O) groups is 1. The Morgan fingerprint density at radius 2 is 2.20 bits per heavy atom. The zero-order valence-corrected chi connectivity index (χ0v) is 20.6. The van der Waals surface area contributed by atoms with Crippen molar-refractivity contribution in [3.8, 4) is 5.88 Å². The maximum absolute atomic E-state index is 12.8. The first-order valence-electron chi connectivity index (χ1n) is 12.5. The predicted molar refractivity (Wildman–Crippen MR) is 136 cm³/mol. The third-order valence-corrected chi connectivity index (χ3v) is 7.03. The van der Waals surface area contributed by atoms with Crippen LogP contribution in [0.4, 0.5) is 5.69 Å². The smallest absolute Gasteiger partial charge is 0.251 e. The summed E-state index contributed by atoms with van der Waals surface area (Å²) in [6.45, 7) is 9.65. The van der Waals surface area contributed by atoms with Crippen LogP contribution in [0, 0.1) is 0 Å². The van der Waals surface area contributed by atoms with Gasteiger partial charge in [-0.25, -0.2) is 4.99 Å². The lowest BCUT2D eigenvalue weighted by Gasteiger charge is -2.41. The standard InChI is InChI=1S/C26H34N6O3/c1-4-22(29-18-11-28-32(13-18)19-14-31(15-19)16(2)3)24-21-10-17(7-8-23(21)30-26(24)34)25(33)27-12-20-6-5-9-35-20/h7-8,10-11,13,16,19-20,30,34H,4-6,9,12,14-15H2,1-3H3,(H,27,33)/t20-/m1/s1. The normalized spacial score (nSPS) is 19.5. The van der Waals surface area contributed by atoms with E-state index < -0.39 is 0 Å². The highest BCUT2D eigenvalue weighted by Gasteiger charge is 2.30. The summed E-state index contributed by atoms with van der Waals surface area (Å²) in [5, 5.41) is 19.0. The highest BCUT2D eigenvalue weighted by molar-refractivity contribution is 6.14. The van der Waals surface area contributed by atoms with Gasteiger partial charge in [0.05, 0.1) is 35.8 Å². The number of rotatable bonds is 8. The number of H-pyrrole nitrogens is 1. The molecule has 1 atom stereocenters. The van der Waals surface area contributed by atoms with Gasteiger partial charge in [-0.05, 0) is 51.3 Å². The van der Waals surface area contributed by atoms with E-state index in [4.69, 9.17) is 9.73 Å². The van der Waals surface area contributed by atoms with Crippen LogP contribution < -0.4 is 5.32 Å². The molecule has 3 N–H and O–H groups in total. The molecule has 1 amide bonds. The zero-order chi connectivity index (χ0) is 24.5. The number of nitrogens with zero attached hydrogens (tertiary/aromatic N) is 4. The molecular weight excluding hydrogens is 444 g/mol. The number of aliphatic imine (C=N–C) groups is 1. The lowest BCUT2D eigenvalue weighted by atomic mass is 10.0. The Bertz CT molecular complexity index is 1230. The van der Waals surface area contributed by atoms with E-state index in [1.807, 2.05) is 29.9 Å². The van der Waals surface area contributed by atoms with Gasteiger partial charge in [0.15, 0.2) is 5.88 Å². The van der Waals surface area contributed by atoms with Crippen LogP contribution in [0.1, 0.15) is 62.0 Å². The van der Waals surface area contributed by atoms with Gasteiger partial charge in [-0.1, -0.05) is 6.92 Å². The molecule has 9 nitrogen and oxygen atoms in total. The van der Waals surface area contributed by atoms with Gasteiger partial charge >= 0.3 is 0 Å². The fourth-order valence-electron chi connectivity index (χ4n) is 4.85. The number of amides is 1. The van der Waals surface area contributed by atoms with E-state index in [0.717, 1.165) is 54.8 Å². The van der Waals surface area contributed by atoms with Crippen molar-refractivity contribution in [1.29, 1.82) is 0 Å². The van der Waals surface area contributed by atoms with E-state index in [1.165, 1.54) is 0 Å². The quantitative estimate of drug-likeness (QED) is 0.427. The number of likely N-dealkylation sites (tertiary alicyclic amines) is 1. The Kier molecular flexibility index (Phi) is 6.62. The minimum Gasteiger partial charge on any atom is -0.494 e. The van der Waals surface area contributed by atoms with E-state index in [-0.39, 0.29) is 17.9 Å². The van der Waals surface area contributed by atoms with Crippen molar-refractivity contribution in [1.82, 2.24) is 25.0 Å². The number of nitrogens with one attached hydrogen (secondary N) is 2. The van der Waals surface area contributed by atoms with Crippen molar-refractivity contribution in [3.63, 3.8) is 0 Å². The Morgan fingerprint density at radius 3 is 2.91 bits per heavy atom. The minimum absolute atomic E-state index is 0.0523. The molecule has 5 rings (SSSR count). The van der Waals surface area contributed by atoms with Gasteiger partial charge in [-0.2, -0.15) is 5.10 Å². The van der Waals surface area contributed by atoms with E-state index in [1.54, 1.807) is 12.3 Å². The van der Waals surface area contributed by atoms with Gasteiger partial charge in [0.25, 0.3) is 5.91 Å². The Balaban J connectivity index is 1.37. The number of benzene rings is 1. The molecule has 2 aliphatic rings. The third kappa shape index (κ3) is 4.83. The largest absolute Gasteiger partial charge is 0.494 e. The first-order chi connectivity index (χ1) is 16.9. The number of aromatic hydroxyl groups is 1. The van der Waals surface area contributed by atoms with Gasteiger partial charge in [0.2, 0.25) is 0 Å². The second-order valence-electron chi connectivity index (χ2n) is 9.75. The van der Waals surface area contributed by atoms with E-state index in [9.17, 15) is 9.90 Å². The molecule has 0 unspecified atom stereocenters. The summed E-state index contributed by atoms with van der Waals surface area (Å²) < 4.78 is 7.58. The van der Waals surface area contributed by atoms with Crippen molar-refractivity contribution in [2.75, 3.05) is 26.2 Å². The SMILES string of the molecule is CCC(=Nc1cnn(C2CN(C(C)C)C2)c1)c1c(O)[nH]c2ccc(C(=O)NC[C@H]3CCCO3)cc12. The average Bonchev–Trinajstić information content (AvgIpc) is 3.54. The van der Waals surface area contributed by atoms with Crippen molar-refractivity contribution >= 4 is 28.2 Å². The summed E-state index contributed by atoms with van der Waals surface area (Å²) in [7, 11) is 0. The number of aromatic amines is 1. The van der Waals surface area contributed by atoms with E-state index in [0.29, 0.717) is 36.2 Å². The van der Waals surface area contributed by atoms with Gasteiger partial charge in [-0.15, -0.1) is 0 Å². The molecule has 2 fully saturated rings. The summed E-state index contributed by atoms with van der Waals surface area (Å²) in [4.78, 5) is 23.0. The van der Waals surface area contributed by atoms with Gasteiger partial charge < -0.3 is 20.1 Å². The predicted octanol–water partition coefficient (Wildman–Crippen LogP) is 3.77. The maximum Gasteiger partial charge on any atom is 0.251 e. The second-order valence-corrected chi connectivity index (χ2v) is 9.75. The average molecular weight is 479 g/mol. The van der Waals surface area contributed by atoms with Crippen LogP contribution in [0.15, 0.2) is 35.6 Å². The fraction of sp³-hybridized carbons (Fsp3) is 0.500. The van der Waals surface area contributed by atoms with Crippen LogP contribution in [0.3, 0.4) is 0 Å². The van der Waals surface area contributed by atoms with Crippen molar-refractivity contribution in [2.45, 2.75) is 58.2 Å². The van der Waals surface area contributed by atoms with Crippen LogP contribution in [-0.2, 0) is 4.74 Å². The van der Waals surface area contributed by atoms with Crippen LogP contribution in [0.25, 0.3) is 10.9 Å². The summed E-state index contributed by atoms with van der Waals surface area (Å²) >= 11 is 0. The lowest BCUT2D eigenvalue weighted by Crippen LogP contribution is -2.50. The fourth-order valence-corrected chi connectivity index (χ4v) is 4.85. The molecule has 2 aromatic heterocycles. The number of carbonyl (C=O) groups excluding carboxylic acids is 1. The van der Waals surface area contributed by atoms with Crippen molar-refractivity contribution in [3.05, 3.63) is 41.7 Å². The molecule has 9 heteroatoms. The molecule has 0 bridgehead atoms. The molecule has 186 valence electrons. The maximum atomic E-state index is 12.8. The van der Waals surface area contributed by atoms with E-state index in [2.05, 4.69) is 34.1 Å². The molecular formula is C26H34N6O3. The molecule has 4 heterocycles. The Labute approximate surface area is 205 Å². The number of fused-ring (bicyclic) bond motifs is 1. The molecule has 0 aliphatic carbocycles. The molecule has 2 aliphatic heterocycles. The minimum atomic E-state index is -0.152. The lowest BCUT2D eigenvalue weighted by molar-refractivity contribution is 0.0675. The summed E-state index contributed by atoms with van der Waals surface area (Å²) in [6, 6.07) is 6.30. The first kappa shape index (κ1) is 23.6. The molecule has 35 heavy (non-hydrogen) atoms. The van der Waals surface area contributed by atoms with Crippen LogP contribution in [0.5, 0.6) is 5.88 Å². The molecule has 0 radical (unpaired) electrons. The monoisotopic (exact) mass is 478 g/mol. The molecule has 1 aromatic carbocycles. The summed E-state index contributed by atoms with van der Waals surface area (Å²) in [6.07, 6.45) is 6.44. The van der Waals surface area contributed by atoms with Crippen molar-refractivity contribution in [2.24, 2.45) is 4.99 Å². The second kappa shape index (κ2) is 9.83. The highest BCUT2D eigenvalue weighted by atomic mass is 16.5. The van der Waals surface area contributed by atoms with Gasteiger partial charge in [0, 0.05) is 48.7 Å². The molecule has 0 saturated carbocycles. The number of ether oxygens (including phenoxy) is 1. The topological polar surface area (TPSA) is 108 Å². The van der Waals surface area contributed by atoms with Crippen LogP contribution in [0.2, 0.25) is 0 Å². The number of aromatic nitrogens is 3. The zero-order valence-electron chi connectivity index (χ0n) is 20.6. The van der Waals surface area contributed by atoms with E-state index >= 15 is 0 Å². The van der Waals surface area contributed by atoms with Gasteiger partial charge in [0.1, 0.15) is 5.69 Å². The summed E-state index contributed by atoms with van der Waals surface area (Å²) in [5.74, 6) is -0.0993. The van der Waals surface area contributed by atoms with Crippen LogP contribution >= 0.6 is 0 Å². The van der Waals surface area contributed by atoms with Gasteiger partial charge in [-0.3, -0.25) is 14.4 Å². The molecule has 0 spiro atoms. The number of hydrogen-bond donors (Lipinski definition) is 3. The van der Waals surface area contributed by atoms with Crippen LogP contribution in [-0.4, -0.2) is 74.8 Å². The summed E-state index contributed by atoms with van der Waals surface area (Å²) in [5.41, 5.74) is 3.41. The number of hydrogen-bond acceptors (Lipinski definition) is 6.